The Morgan fingerprint density at radius 2 is 1.74 bits per heavy atom. The summed E-state index contributed by atoms with van der Waals surface area (Å²) in [5.41, 5.74) is 14.0. The number of carbonyl (C=O) groups excluding carboxylic acids is 1. The van der Waals surface area contributed by atoms with Gasteiger partial charge in [-0.25, -0.2) is 0 Å². The minimum absolute atomic E-state index is 0.0831. The van der Waals surface area contributed by atoms with Crippen LogP contribution in [0.3, 0.4) is 0 Å². The Balaban J connectivity index is 1.53. The number of benzene rings is 4. The molecule has 6 rings (SSSR count). The second-order valence-corrected chi connectivity index (χ2v) is 13.8. The van der Waals surface area contributed by atoms with E-state index in [0.29, 0.717) is 34.8 Å². The smallest absolute Gasteiger partial charge is 0.162 e. The van der Waals surface area contributed by atoms with E-state index in [4.69, 9.17) is 17.3 Å². The average molecular weight is 604 g/mol. The quantitative estimate of drug-likeness (QED) is 0.230. The number of aryl methyl sites for hydroxylation is 1. The number of hydrogen-bond acceptors (Lipinski definition) is 5. The summed E-state index contributed by atoms with van der Waals surface area (Å²) < 4.78 is 0. The van der Waals surface area contributed by atoms with Gasteiger partial charge in [-0.15, -0.1) is 11.8 Å². The maximum atomic E-state index is 14.2. The first-order chi connectivity index (χ1) is 20.6. The van der Waals surface area contributed by atoms with Gasteiger partial charge in [0, 0.05) is 38.7 Å². The molecule has 0 amide bonds. The summed E-state index contributed by atoms with van der Waals surface area (Å²) in [5, 5.41) is 13.5. The molecule has 1 heterocycles. The number of rotatable bonds is 5. The molecule has 1 unspecified atom stereocenters. The lowest BCUT2D eigenvalue weighted by Crippen LogP contribution is -2.42. The molecule has 43 heavy (non-hydrogen) atoms. The number of halogens is 1. The Labute approximate surface area is 262 Å². The van der Waals surface area contributed by atoms with Gasteiger partial charge in [0.1, 0.15) is 5.82 Å². The van der Waals surface area contributed by atoms with Gasteiger partial charge in [-0.1, -0.05) is 79.5 Å². The fraction of sp³-hybridized carbons (Fsp3) is 0.243. The van der Waals surface area contributed by atoms with E-state index in [-0.39, 0.29) is 11.2 Å². The molecule has 0 spiro atoms. The number of nitrogens with zero attached hydrogens (tertiary/aromatic N) is 2. The van der Waals surface area contributed by atoms with Crippen LogP contribution in [0.1, 0.15) is 54.9 Å². The predicted octanol–water partition coefficient (Wildman–Crippen LogP) is 9.34. The van der Waals surface area contributed by atoms with E-state index in [9.17, 15) is 10.1 Å². The van der Waals surface area contributed by atoms with E-state index in [1.165, 1.54) is 5.56 Å². The number of ketones is 1. The third kappa shape index (κ3) is 5.35. The number of hydrogen-bond donors (Lipinski definition) is 1. The molecule has 0 saturated carbocycles. The van der Waals surface area contributed by atoms with Crippen molar-refractivity contribution in [3.8, 4) is 6.07 Å². The molecule has 0 fully saturated rings. The van der Waals surface area contributed by atoms with Crippen molar-refractivity contribution in [2.24, 2.45) is 11.1 Å². The van der Waals surface area contributed by atoms with Crippen LogP contribution in [0.4, 0.5) is 5.69 Å². The van der Waals surface area contributed by atoms with Crippen molar-refractivity contribution >= 4 is 45.6 Å². The summed E-state index contributed by atoms with van der Waals surface area (Å²) >= 11 is 7.84. The first-order valence-electron chi connectivity index (χ1n) is 14.5. The lowest BCUT2D eigenvalue weighted by molar-refractivity contribution is -0.118. The molecule has 4 aromatic carbocycles. The van der Waals surface area contributed by atoms with Crippen LogP contribution in [0.25, 0.3) is 10.8 Å². The summed E-state index contributed by atoms with van der Waals surface area (Å²) in [5.74, 6) is 0.713. The highest BCUT2D eigenvalue weighted by Crippen LogP contribution is 2.51. The monoisotopic (exact) mass is 603 g/mol. The van der Waals surface area contributed by atoms with Crippen molar-refractivity contribution in [3.63, 3.8) is 0 Å². The third-order valence-electron chi connectivity index (χ3n) is 8.61. The molecule has 4 aromatic rings. The first kappa shape index (κ1) is 29.1. The van der Waals surface area contributed by atoms with Gasteiger partial charge in [0.15, 0.2) is 5.78 Å². The van der Waals surface area contributed by atoms with Crippen LogP contribution >= 0.6 is 23.4 Å². The maximum absolute atomic E-state index is 14.2. The molecular formula is C37H34ClN3OS. The number of carbonyl (C=O) groups is 1. The molecule has 1 aliphatic heterocycles. The normalized spacial score (nSPS) is 18.2. The van der Waals surface area contributed by atoms with Gasteiger partial charge in [-0.05, 0) is 78.1 Å². The molecule has 2 N–H and O–H groups in total. The van der Waals surface area contributed by atoms with Crippen molar-refractivity contribution in [2.45, 2.75) is 57.1 Å². The zero-order valence-corrected chi connectivity index (χ0v) is 26.4. The van der Waals surface area contributed by atoms with Gasteiger partial charge in [-0.3, -0.25) is 9.69 Å². The lowest BCUT2D eigenvalue weighted by atomic mass is 9.68. The molecule has 216 valence electrons. The van der Waals surface area contributed by atoms with E-state index in [2.05, 4.69) is 64.1 Å². The van der Waals surface area contributed by atoms with Gasteiger partial charge < -0.3 is 5.73 Å². The van der Waals surface area contributed by atoms with Crippen LogP contribution in [0.2, 0.25) is 5.02 Å². The van der Waals surface area contributed by atoms with Crippen LogP contribution in [0, 0.1) is 30.6 Å². The van der Waals surface area contributed by atoms with Crippen LogP contribution < -0.4 is 10.6 Å². The highest BCUT2D eigenvalue weighted by molar-refractivity contribution is 7.98. The molecule has 0 bridgehead atoms. The zero-order chi connectivity index (χ0) is 30.5. The molecule has 0 aromatic heterocycles. The second-order valence-electron chi connectivity index (χ2n) is 12.4. The van der Waals surface area contributed by atoms with E-state index in [1.807, 2.05) is 53.4 Å². The van der Waals surface area contributed by atoms with Crippen LogP contribution in [0.15, 0.2) is 106 Å². The molecule has 1 aliphatic carbocycles. The zero-order valence-electron chi connectivity index (χ0n) is 24.9. The number of thioether (sulfide) groups is 1. The lowest BCUT2D eigenvalue weighted by Gasteiger charge is -2.44. The highest BCUT2D eigenvalue weighted by Gasteiger charge is 2.45. The van der Waals surface area contributed by atoms with Crippen LogP contribution in [-0.4, -0.2) is 5.78 Å². The first-order valence-corrected chi connectivity index (χ1v) is 15.9. The third-order valence-corrected chi connectivity index (χ3v) is 9.92. The van der Waals surface area contributed by atoms with Crippen molar-refractivity contribution in [1.82, 2.24) is 0 Å². The van der Waals surface area contributed by atoms with E-state index in [1.54, 1.807) is 11.8 Å². The average Bonchev–Trinajstić information content (AvgIpc) is 2.97. The highest BCUT2D eigenvalue weighted by atomic mass is 35.5. The van der Waals surface area contributed by atoms with Crippen LogP contribution in [-0.2, 0) is 10.5 Å². The number of anilines is 1. The number of nitrogens with two attached hydrogens (primary N) is 1. The van der Waals surface area contributed by atoms with Crippen molar-refractivity contribution in [3.05, 3.63) is 129 Å². The molecular weight excluding hydrogens is 570 g/mol. The van der Waals surface area contributed by atoms with Gasteiger partial charge >= 0.3 is 0 Å². The van der Waals surface area contributed by atoms with Crippen molar-refractivity contribution < 1.29 is 4.79 Å². The summed E-state index contributed by atoms with van der Waals surface area (Å²) in [7, 11) is 0. The standard InChI is InChI=1S/C37H34ClN3OS/c1-22-16-25(21-43-27-14-12-26(38)13-15-27)23(2)29(17-22)34-30(20-39)36(40)41(32-18-37(3,4)19-33(42)35(32)34)31-11-7-9-24-8-5-6-10-28(24)31/h5-17,34H,18-19,21,40H2,1-4H3. The fourth-order valence-electron chi connectivity index (χ4n) is 6.60. The molecule has 6 heteroatoms. The van der Waals surface area contributed by atoms with E-state index in [0.717, 1.165) is 49.5 Å². The largest absolute Gasteiger partial charge is 0.384 e. The number of allylic oxidation sites excluding steroid dienone is 3. The van der Waals surface area contributed by atoms with Gasteiger partial charge in [0.25, 0.3) is 0 Å². The van der Waals surface area contributed by atoms with E-state index < -0.39 is 5.92 Å². The fourth-order valence-corrected chi connectivity index (χ4v) is 7.68. The molecule has 0 saturated heterocycles. The summed E-state index contributed by atoms with van der Waals surface area (Å²) in [6.45, 7) is 8.44. The second kappa shape index (κ2) is 11.3. The minimum Gasteiger partial charge on any atom is -0.384 e. The molecule has 4 nitrogen and oxygen atoms in total. The minimum atomic E-state index is -0.519. The Kier molecular flexibility index (Phi) is 7.62. The van der Waals surface area contributed by atoms with Crippen molar-refractivity contribution in [2.75, 3.05) is 4.90 Å². The number of fused-ring (bicyclic) bond motifs is 1. The topological polar surface area (TPSA) is 70.1 Å². The SMILES string of the molecule is Cc1cc(CSc2ccc(Cl)cc2)c(C)c(C2C(C#N)=C(N)N(c3cccc4ccccc34)C3=C2C(=O)CC(C)(C)C3)c1. The van der Waals surface area contributed by atoms with Crippen LogP contribution in [0.5, 0.6) is 0 Å². The summed E-state index contributed by atoms with van der Waals surface area (Å²) in [6, 6.07) is 28.9. The Morgan fingerprint density at radius 3 is 2.49 bits per heavy atom. The van der Waals surface area contributed by atoms with Crippen molar-refractivity contribution in [1.29, 1.82) is 5.26 Å². The van der Waals surface area contributed by atoms with Gasteiger partial charge in [0.2, 0.25) is 0 Å². The summed E-state index contributed by atoms with van der Waals surface area (Å²) in [6.07, 6.45) is 1.10. The Hall–Kier alpha value is -3.98. The van der Waals surface area contributed by atoms with Gasteiger partial charge in [-0.2, -0.15) is 5.26 Å². The predicted molar refractivity (Wildman–Crippen MR) is 178 cm³/mol. The Bertz CT molecular complexity index is 1880. The van der Waals surface area contributed by atoms with Gasteiger partial charge in [0.05, 0.1) is 23.2 Å². The molecule has 1 atom stereocenters. The molecule has 2 aliphatic rings. The molecule has 0 radical (unpaired) electrons. The summed E-state index contributed by atoms with van der Waals surface area (Å²) in [4.78, 5) is 17.3. The number of nitriles is 1. The number of Topliss-reactive ketones (excluding diaryl/α,β-unsaturated/α-hetero) is 1. The van der Waals surface area contributed by atoms with E-state index >= 15 is 0 Å². The Morgan fingerprint density at radius 1 is 1.02 bits per heavy atom. The maximum Gasteiger partial charge on any atom is 0.162 e.